The average Bonchev–Trinajstić information content (AvgIpc) is 3.37. The number of hydrogen-bond acceptors (Lipinski definition) is 4. The van der Waals surface area contributed by atoms with Crippen LogP contribution in [0.3, 0.4) is 0 Å². The van der Waals surface area contributed by atoms with E-state index < -0.39 is 18.1 Å². The van der Waals surface area contributed by atoms with Crippen LogP contribution in [0, 0.1) is 19.8 Å². The molecule has 4 aromatic carbocycles. The fourth-order valence-corrected chi connectivity index (χ4v) is 5.16. The Morgan fingerprint density at radius 3 is 2.24 bits per heavy atom. The highest BCUT2D eigenvalue weighted by Crippen LogP contribution is 2.49. The van der Waals surface area contributed by atoms with E-state index in [0.717, 1.165) is 33.2 Å². The second-order valence-electron chi connectivity index (χ2n) is 9.01. The fourth-order valence-electron chi connectivity index (χ4n) is 5.16. The lowest BCUT2D eigenvalue weighted by atomic mass is 9.87. The first-order valence-electron chi connectivity index (χ1n) is 11.5. The molecule has 2 saturated heterocycles. The molecule has 2 amide bonds. The van der Waals surface area contributed by atoms with Crippen LogP contribution in [0.2, 0.25) is 0 Å². The molecule has 168 valence electrons. The van der Waals surface area contributed by atoms with Crippen molar-refractivity contribution in [3.05, 3.63) is 108 Å². The number of hydroxylamine groups is 1. The van der Waals surface area contributed by atoms with Gasteiger partial charge in [-0.3, -0.25) is 14.4 Å². The van der Waals surface area contributed by atoms with Gasteiger partial charge in [-0.25, -0.2) is 9.96 Å². The van der Waals surface area contributed by atoms with E-state index in [9.17, 15) is 9.59 Å². The smallest absolute Gasteiger partial charge is 0.266 e. The molecule has 0 spiro atoms. The van der Waals surface area contributed by atoms with Crippen LogP contribution in [0.25, 0.3) is 10.8 Å². The van der Waals surface area contributed by atoms with Crippen molar-refractivity contribution in [2.75, 3.05) is 9.96 Å². The molecule has 0 bridgehead atoms. The zero-order valence-corrected chi connectivity index (χ0v) is 19.0. The van der Waals surface area contributed by atoms with Crippen molar-refractivity contribution in [1.29, 1.82) is 0 Å². The third-order valence-corrected chi connectivity index (χ3v) is 7.02. The maximum absolute atomic E-state index is 13.9. The average molecular weight is 449 g/mol. The van der Waals surface area contributed by atoms with Gasteiger partial charge >= 0.3 is 0 Å². The Morgan fingerprint density at radius 2 is 1.44 bits per heavy atom. The van der Waals surface area contributed by atoms with Gasteiger partial charge in [0.1, 0.15) is 5.92 Å². The summed E-state index contributed by atoms with van der Waals surface area (Å²) in [7, 11) is 0. The van der Waals surface area contributed by atoms with Gasteiger partial charge in [-0.1, -0.05) is 66.7 Å². The van der Waals surface area contributed by atoms with E-state index in [1.165, 1.54) is 4.90 Å². The quantitative estimate of drug-likeness (QED) is 0.388. The van der Waals surface area contributed by atoms with Crippen molar-refractivity contribution in [3.8, 4) is 0 Å². The second-order valence-corrected chi connectivity index (χ2v) is 9.01. The van der Waals surface area contributed by atoms with Gasteiger partial charge in [0.15, 0.2) is 6.10 Å². The van der Waals surface area contributed by atoms with Crippen LogP contribution in [0.4, 0.5) is 11.4 Å². The van der Waals surface area contributed by atoms with Gasteiger partial charge in [-0.15, -0.1) is 0 Å². The second kappa shape index (κ2) is 7.82. The molecule has 0 saturated carbocycles. The standard InChI is InChI=1S/C29H24N2O3/c1-18-15-16-22(17-19(18)2)30-28(32)25-26(24-14-8-10-20-9-6-7-13-23(20)24)31(34-27(25)29(30)33)21-11-4-3-5-12-21/h3-17,25-27H,1-2H3/t25-,26+,27-/m0/s1. The number of amides is 2. The minimum Gasteiger partial charge on any atom is -0.273 e. The number of carbonyl (C=O) groups excluding carboxylic acids is 2. The van der Waals surface area contributed by atoms with Gasteiger partial charge in [0.25, 0.3) is 5.91 Å². The Kier molecular flexibility index (Phi) is 4.74. The van der Waals surface area contributed by atoms with E-state index in [1.807, 2.05) is 86.6 Å². The Morgan fingerprint density at radius 1 is 0.706 bits per heavy atom. The van der Waals surface area contributed by atoms with Gasteiger partial charge in [0.05, 0.1) is 17.4 Å². The minimum absolute atomic E-state index is 0.227. The topological polar surface area (TPSA) is 49.9 Å². The van der Waals surface area contributed by atoms with Crippen LogP contribution >= 0.6 is 0 Å². The van der Waals surface area contributed by atoms with Crippen LogP contribution in [-0.2, 0) is 14.4 Å². The molecule has 0 N–H and O–H groups in total. The maximum atomic E-state index is 13.9. The summed E-state index contributed by atoms with van der Waals surface area (Å²) < 4.78 is 0. The van der Waals surface area contributed by atoms with E-state index in [1.54, 1.807) is 5.06 Å². The van der Waals surface area contributed by atoms with Crippen LogP contribution in [-0.4, -0.2) is 17.9 Å². The lowest BCUT2D eigenvalue weighted by molar-refractivity contribution is -0.126. The third kappa shape index (κ3) is 3.05. The van der Waals surface area contributed by atoms with Crippen LogP contribution in [0.15, 0.2) is 91.0 Å². The number of benzene rings is 4. The van der Waals surface area contributed by atoms with Crippen molar-refractivity contribution in [3.63, 3.8) is 0 Å². The van der Waals surface area contributed by atoms with Crippen LogP contribution < -0.4 is 9.96 Å². The number of carbonyl (C=O) groups is 2. The largest absolute Gasteiger partial charge is 0.273 e. The first-order valence-corrected chi connectivity index (χ1v) is 11.5. The summed E-state index contributed by atoms with van der Waals surface area (Å²) in [6.07, 6.45) is -0.877. The Balaban J connectivity index is 1.50. The molecular formula is C29H24N2O3. The molecule has 5 heteroatoms. The van der Waals surface area contributed by atoms with E-state index >= 15 is 0 Å². The zero-order valence-electron chi connectivity index (χ0n) is 19.0. The first kappa shape index (κ1) is 20.6. The molecule has 34 heavy (non-hydrogen) atoms. The highest BCUT2D eigenvalue weighted by atomic mass is 16.7. The van der Waals surface area contributed by atoms with Crippen LogP contribution in [0.5, 0.6) is 0 Å². The van der Waals surface area contributed by atoms with Crippen molar-refractivity contribution < 1.29 is 14.4 Å². The van der Waals surface area contributed by atoms with Gasteiger partial charge in [-0.05, 0) is 65.6 Å². The summed E-state index contributed by atoms with van der Waals surface area (Å²) in [5.74, 6) is -1.20. The van der Waals surface area contributed by atoms with Crippen molar-refractivity contribution in [2.24, 2.45) is 5.92 Å². The minimum atomic E-state index is -0.877. The van der Waals surface area contributed by atoms with Crippen molar-refractivity contribution in [2.45, 2.75) is 26.0 Å². The van der Waals surface area contributed by atoms with E-state index in [2.05, 4.69) is 18.2 Å². The number of para-hydroxylation sites is 1. The summed E-state index contributed by atoms with van der Waals surface area (Å²) in [5.41, 5.74) is 4.53. The predicted octanol–water partition coefficient (Wildman–Crippen LogP) is 5.51. The number of anilines is 2. The summed E-state index contributed by atoms with van der Waals surface area (Å²) in [6, 6.07) is 29.1. The van der Waals surface area contributed by atoms with E-state index in [-0.39, 0.29) is 11.8 Å². The summed E-state index contributed by atoms with van der Waals surface area (Å²) in [6.45, 7) is 4.00. The van der Waals surface area contributed by atoms with Gasteiger partial charge in [0.2, 0.25) is 5.91 Å². The zero-order chi connectivity index (χ0) is 23.4. The summed E-state index contributed by atoms with van der Waals surface area (Å²) in [4.78, 5) is 35.1. The normalized spacial score (nSPS) is 22.0. The fraction of sp³-hybridized carbons (Fsp3) is 0.172. The molecule has 0 aliphatic carbocycles. The Hall–Kier alpha value is -3.96. The number of nitrogens with zero attached hydrogens (tertiary/aromatic N) is 2. The molecule has 2 heterocycles. The van der Waals surface area contributed by atoms with Crippen molar-refractivity contribution in [1.82, 2.24) is 0 Å². The van der Waals surface area contributed by atoms with E-state index in [4.69, 9.17) is 4.84 Å². The summed E-state index contributed by atoms with van der Waals surface area (Å²) >= 11 is 0. The number of rotatable bonds is 3. The molecule has 5 nitrogen and oxygen atoms in total. The molecule has 0 aromatic heterocycles. The number of hydrogen-bond donors (Lipinski definition) is 0. The molecule has 0 unspecified atom stereocenters. The molecule has 0 radical (unpaired) electrons. The highest BCUT2D eigenvalue weighted by Gasteiger charge is 2.60. The third-order valence-electron chi connectivity index (χ3n) is 7.02. The molecule has 4 aromatic rings. The highest BCUT2D eigenvalue weighted by molar-refractivity contribution is 6.24. The van der Waals surface area contributed by atoms with E-state index in [0.29, 0.717) is 5.69 Å². The van der Waals surface area contributed by atoms with Gasteiger partial charge < -0.3 is 0 Å². The molecule has 2 fully saturated rings. The monoisotopic (exact) mass is 448 g/mol. The molecule has 6 rings (SSSR count). The predicted molar refractivity (Wildman–Crippen MR) is 132 cm³/mol. The van der Waals surface area contributed by atoms with Gasteiger partial charge in [0, 0.05) is 0 Å². The van der Waals surface area contributed by atoms with Crippen molar-refractivity contribution >= 4 is 34.0 Å². The van der Waals surface area contributed by atoms with Crippen LogP contribution in [0.1, 0.15) is 22.7 Å². The Labute approximate surface area is 198 Å². The first-order chi connectivity index (χ1) is 16.5. The lowest BCUT2D eigenvalue weighted by Crippen LogP contribution is -2.37. The molecular weight excluding hydrogens is 424 g/mol. The van der Waals surface area contributed by atoms with Gasteiger partial charge in [-0.2, -0.15) is 0 Å². The molecule has 2 aliphatic heterocycles. The SMILES string of the molecule is Cc1ccc(N2C(=O)[C@@H]3[C@H](ON(c4ccccc4)[C@@H]3c3cccc4ccccc34)C2=O)cc1C. The maximum Gasteiger partial charge on any atom is 0.266 e. The molecule has 3 atom stereocenters. The number of fused-ring (bicyclic) bond motifs is 2. The lowest BCUT2D eigenvalue weighted by Gasteiger charge is -2.29. The number of aryl methyl sites for hydroxylation is 2. The Bertz CT molecular complexity index is 1430. The number of imide groups is 1. The molecule has 2 aliphatic rings. The summed E-state index contributed by atoms with van der Waals surface area (Å²) in [5, 5.41) is 3.88.